The molecule has 0 spiro atoms. The van der Waals surface area contributed by atoms with Gasteiger partial charge in [0.05, 0.1) is 44.7 Å². The average molecular weight is 1290 g/mol. The van der Waals surface area contributed by atoms with Crippen molar-refractivity contribution in [2.45, 2.75) is 91.4 Å². The first kappa shape index (κ1) is 72.8. The van der Waals surface area contributed by atoms with Crippen molar-refractivity contribution in [1.29, 1.82) is 0 Å². The number of anilines is 2. The molecular weight excluding hydrogens is 1210 g/mol. The van der Waals surface area contributed by atoms with E-state index in [1.807, 2.05) is 107 Å². The van der Waals surface area contributed by atoms with Gasteiger partial charge >= 0.3 is 30.8 Å². The molecule has 18 nitrogen and oxygen atoms in total. The van der Waals surface area contributed by atoms with Gasteiger partial charge < -0.3 is 59.1 Å². The summed E-state index contributed by atoms with van der Waals surface area (Å²) in [6.07, 6.45) is 2.39. The van der Waals surface area contributed by atoms with Gasteiger partial charge in [0.1, 0.15) is 46.5 Å². The Labute approximate surface area is 554 Å². The van der Waals surface area contributed by atoms with E-state index in [-0.39, 0.29) is 66.1 Å². The predicted molar refractivity (Wildman–Crippen MR) is 348 cm³/mol. The van der Waals surface area contributed by atoms with E-state index in [1.54, 1.807) is 52.4 Å². The summed E-state index contributed by atoms with van der Waals surface area (Å²) in [7, 11) is 4.61. The van der Waals surface area contributed by atoms with E-state index in [1.165, 1.54) is 20.0 Å². The Balaban J connectivity index is 0.000000242. The van der Waals surface area contributed by atoms with E-state index >= 15 is 17.6 Å². The van der Waals surface area contributed by atoms with Crippen LogP contribution in [0.4, 0.5) is 28.9 Å². The Bertz CT molecular complexity index is 4200. The molecule has 3 aliphatic heterocycles. The molecule has 6 aromatic carbocycles. The van der Waals surface area contributed by atoms with Crippen LogP contribution in [0.3, 0.4) is 0 Å². The fourth-order valence-electron chi connectivity index (χ4n) is 12.2. The Morgan fingerprint density at radius 3 is 1.29 bits per heavy atom. The normalized spacial score (nSPS) is 15.9. The van der Waals surface area contributed by atoms with Gasteiger partial charge in [-0.2, -0.15) is 0 Å². The molecule has 0 saturated carbocycles. The van der Waals surface area contributed by atoms with Gasteiger partial charge in [-0.15, -0.1) is 0 Å². The number of carbonyl (C=O) groups is 4. The molecular formula is C71H77F4LiN6O12. The van der Waals surface area contributed by atoms with Gasteiger partial charge in [-0.05, 0) is 146 Å². The van der Waals surface area contributed by atoms with Crippen molar-refractivity contribution >= 4 is 56.7 Å². The van der Waals surface area contributed by atoms with Gasteiger partial charge in [-0.3, -0.25) is 19.2 Å². The number of carboxylic acid groups (broad SMARTS) is 1. The third-order valence-corrected chi connectivity index (χ3v) is 17.3. The quantitative estimate of drug-likeness (QED) is 0.0555. The monoisotopic (exact) mass is 1290 g/mol. The minimum atomic E-state index is -1.48. The second kappa shape index (κ2) is 32.0. The molecule has 3 aliphatic rings. The molecule has 2 amide bonds. The maximum absolute atomic E-state index is 15.2. The van der Waals surface area contributed by atoms with E-state index in [9.17, 15) is 33.9 Å². The summed E-state index contributed by atoms with van der Waals surface area (Å²) in [6, 6.07) is 27.2. The average Bonchev–Trinajstić information content (AvgIpc) is 0.915. The zero-order valence-electron chi connectivity index (χ0n) is 54.5. The molecule has 0 aliphatic carbocycles. The number of nitrogens with one attached hydrogen (secondary N) is 2. The zero-order valence-corrected chi connectivity index (χ0v) is 54.5. The Hall–Kier alpha value is -8.62. The fraction of sp³-hybridized carbons (Fsp3) is 0.352. The molecule has 3 fully saturated rings. The smallest absolute Gasteiger partial charge is 0.870 e. The molecule has 4 N–H and O–H groups in total. The van der Waals surface area contributed by atoms with Crippen molar-refractivity contribution in [1.82, 2.24) is 19.8 Å². The first-order valence-electron chi connectivity index (χ1n) is 30.5. The number of amides is 2. The SMILES string of the molecule is C1CCOC1.COC(=O)[C@H](Cc1ccc(-c2c(C)cc(C)n(C)c2=O)c2ccccc12)NC(=O)c1c(F)cc(N2CCOC[C@@H]2C)cc1F.Cc1cc(C)n(C)c(=O)c1-c1ccc(C[C@H](NC(=O)c2c(F)cc(N3CCOC[C@@H]3C)cc2F)C(=O)O)c2ccccc12.[Li+].[OH-]. The van der Waals surface area contributed by atoms with Gasteiger partial charge in [0, 0.05) is 88.1 Å². The number of methoxy groups -OCH3 is 1. The van der Waals surface area contributed by atoms with Crippen LogP contribution in [0.2, 0.25) is 0 Å². The Morgan fingerprint density at radius 2 is 0.936 bits per heavy atom. The van der Waals surface area contributed by atoms with Crippen molar-refractivity contribution < 1.29 is 85.1 Å². The second-order valence-corrected chi connectivity index (χ2v) is 23.5. The number of aromatic nitrogens is 2. The first-order valence-corrected chi connectivity index (χ1v) is 30.5. The number of ether oxygens (including phenoxy) is 4. The number of pyridine rings is 2. The molecule has 0 bridgehead atoms. The summed E-state index contributed by atoms with van der Waals surface area (Å²) in [5.41, 5.74) is 5.81. The van der Waals surface area contributed by atoms with Crippen LogP contribution in [0.5, 0.6) is 0 Å². The molecule has 5 heterocycles. The largest absolute Gasteiger partial charge is 1.00 e. The zero-order chi connectivity index (χ0) is 66.2. The number of morpholine rings is 2. The maximum Gasteiger partial charge on any atom is 1.00 e. The Kier molecular flexibility index (Phi) is 24.8. The van der Waals surface area contributed by atoms with Gasteiger partial charge in [0.2, 0.25) is 0 Å². The van der Waals surface area contributed by atoms with Crippen LogP contribution in [-0.4, -0.2) is 127 Å². The molecule has 492 valence electrons. The number of rotatable bonds is 14. The summed E-state index contributed by atoms with van der Waals surface area (Å²) in [6.45, 7) is 15.8. The number of hydrogen-bond acceptors (Lipinski definition) is 13. The van der Waals surface area contributed by atoms with E-state index in [0.29, 0.717) is 78.4 Å². The summed E-state index contributed by atoms with van der Waals surface area (Å²) in [5, 5.41) is 17.8. The molecule has 23 heteroatoms. The molecule has 0 radical (unpaired) electrons. The molecule has 11 rings (SSSR count). The summed E-state index contributed by atoms with van der Waals surface area (Å²) >= 11 is 0. The van der Waals surface area contributed by atoms with Crippen molar-refractivity contribution in [3.05, 3.63) is 198 Å². The third-order valence-electron chi connectivity index (χ3n) is 17.3. The number of esters is 1. The number of aryl methyl sites for hydroxylation is 4. The first-order chi connectivity index (χ1) is 44.0. The van der Waals surface area contributed by atoms with Crippen LogP contribution < -0.4 is 50.4 Å². The van der Waals surface area contributed by atoms with Crippen LogP contribution in [0.15, 0.2) is 119 Å². The van der Waals surface area contributed by atoms with Crippen LogP contribution in [0.25, 0.3) is 43.8 Å². The number of aliphatic carboxylic acids is 1. The van der Waals surface area contributed by atoms with Crippen molar-refractivity contribution in [3.63, 3.8) is 0 Å². The number of fused-ring (bicyclic) bond motifs is 2. The van der Waals surface area contributed by atoms with E-state index in [2.05, 4.69) is 10.6 Å². The fourth-order valence-corrected chi connectivity index (χ4v) is 12.2. The number of nitrogens with zero attached hydrogens (tertiary/aromatic N) is 4. The minimum absolute atomic E-state index is 0. The van der Waals surface area contributed by atoms with Gasteiger partial charge in [0.25, 0.3) is 22.9 Å². The van der Waals surface area contributed by atoms with Crippen molar-refractivity contribution in [2.24, 2.45) is 14.1 Å². The molecule has 0 unspecified atom stereocenters. The van der Waals surface area contributed by atoms with Crippen molar-refractivity contribution in [2.75, 3.05) is 69.6 Å². The number of halogens is 4. The third kappa shape index (κ3) is 15.9. The summed E-state index contributed by atoms with van der Waals surface area (Å²) in [4.78, 5) is 81.5. The van der Waals surface area contributed by atoms with Gasteiger partial charge in [-0.25, -0.2) is 27.2 Å². The molecule has 3 saturated heterocycles. The summed E-state index contributed by atoms with van der Waals surface area (Å²) in [5.74, 6) is -8.60. The van der Waals surface area contributed by atoms with E-state index in [0.717, 1.165) is 81.7 Å². The number of hydrogen-bond donors (Lipinski definition) is 3. The second-order valence-electron chi connectivity index (χ2n) is 23.5. The number of carbonyl (C=O) groups excluding carboxylic acids is 3. The summed E-state index contributed by atoms with van der Waals surface area (Å²) < 4.78 is 84.6. The van der Waals surface area contributed by atoms with E-state index in [4.69, 9.17) is 18.9 Å². The topological polar surface area (TPSA) is 230 Å². The Morgan fingerprint density at radius 1 is 0.564 bits per heavy atom. The van der Waals surface area contributed by atoms with Crippen LogP contribution in [0, 0.1) is 51.0 Å². The minimum Gasteiger partial charge on any atom is -0.870 e. The van der Waals surface area contributed by atoms with Crippen LogP contribution in [-0.2, 0) is 55.5 Å². The predicted octanol–water partition coefficient (Wildman–Crippen LogP) is 7.22. The molecule has 94 heavy (non-hydrogen) atoms. The number of carboxylic acids is 1. The molecule has 8 aromatic rings. The standard InChI is InChI=1S/C34H35F2N3O5.C33H33F2N3O5.C4H8O.Li.H2O/c1-19-14-20(2)38(4)33(41)30(19)26-11-10-22(24-8-6-7-9-25(24)26)15-29(34(42)43-5)37-32(40)31-27(35)16-23(17-28(31)36)39-12-13-44-18-21(39)3;1-18-13-19(2)37(4)32(40)29(18)25-10-9-21(23-7-5-6-8-24(23)25)14-28(33(41)42)36-31(39)30-26(34)15-22(16-27(30)35)38-11-12-43-17-20(38)3;1-2-4-5-3-1;;/h6-11,14,16-17,21,29H,12-13,15,18H2,1-5H3,(H,37,40);5-10,13,15-16,20,28H,11-12,14,17H2,1-4H3,(H,36,39)(H,41,42);1-4H2;;1H2/q;;;+1;/p-1/t21-,29-;20-,28-;;;/m00.../s1. The molecule has 4 atom stereocenters. The van der Waals surface area contributed by atoms with Gasteiger partial charge in [-0.1, -0.05) is 72.8 Å². The van der Waals surface area contributed by atoms with E-state index < -0.39 is 70.2 Å². The van der Waals surface area contributed by atoms with Crippen molar-refractivity contribution in [3.8, 4) is 22.3 Å². The number of benzene rings is 6. The maximum atomic E-state index is 15.2. The molecule has 2 aromatic heterocycles. The van der Waals surface area contributed by atoms with Crippen LogP contribution in [0.1, 0.15) is 81.0 Å². The van der Waals surface area contributed by atoms with Crippen LogP contribution >= 0.6 is 0 Å². The van der Waals surface area contributed by atoms with Gasteiger partial charge in [0.15, 0.2) is 0 Å².